The van der Waals surface area contributed by atoms with Crippen LogP contribution in [0.15, 0.2) is 0 Å². The maximum atomic E-state index is 13.0. The standard InChI is InChI=1S/C8H11F6O4P/c1-4(2)5(3)6(7(9,10)11,8(12,13)14)18-19(15,16)17-5/h4H,1-3H3,(H,15,16). The molecule has 0 bridgehead atoms. The second kappa shape index (κ2) is 4.09. The van der Waals surface area contributed by atoms with E-state index >= 15 is 0 Å². The molecule has 11 heteroatoms. The van der Waals surface area contributed by atoms with Crippen LogP contribution in [0.2, 0.25) is 0 Å². The molecule has 1 N–H and O–H groups in total. The van der Waals surface area contributed by atoms with Gasteiger partial charge in [-0.2, -0.15) is 26.3 Å². The molecule has 2 unspecified atom stereocenters. The maximum Gasteiger partial charge on any atom is 0.474 e. The molecule has 2 atom stereocenters. The van der Waals surface area contributed by atoms with Gasteiger partial charge < -0.3 is 4.89 Å². The van der Waals surface area contributed by atoms with Crippen molar-refractivity contribution in [3.05, 3.63) is 0 Å². The summed E-state index contributed by atoms with van der Waals surface area (Å²) < 4.78 is 96.5. The number of halogens is 6. The first-order chi connectivity index (χ1) is 8.11. The minimum atomic E-state index is -5.97. The van der Waals surface area contributed by atoms with Crippen LogP contribution in [0.4, 0.5) is 26.3 Å². The summed E-state index contributed by atoms with van der Waals surface area (Å²) in [4.78, 5) is 8.95. The zero-order valence-electron chi connectivity index (χ0n) is 9.96. The third-order valence-electron chi connectivity index (χ3n) is 3.16. The molecular formula is C8H11F6O4P. The summed E-state index contributed by atoms with van der Waals surface area (Å²) in [5.41, 5.74) is -7.93. The lowest BCUT2D eigenvalue weighted by Gasteiger charge is -2.43. The molecule has 0 aromatic heterocycles. The van der Waals surface area contributed by atoms with Crippen molar-refractivity contribution in [1.82, 2.24) is 0 Å². The highest BCUT2D eigenvalue weighted by atomic mass is 31.2. The molecule has 1 saturated heterocycles. The van der Waals surface area contributed by atoms with Crippen LogP contribution in [0.5, 0.6) is 0 Å². The van der Waals surface area contributed by atoms with Crippen LogP contribution >= 0.6 is 7.82 Å². The van der Waals surface area contributed by atoms with Gasteiger partial charge in [0, 0.05) is 0 Å². The molecule has 1 aliphatic rings. The van der Waals surface area contributed by atoms with Crippen LogP contribution < -0.4 is 0 Å². The SMILES string of the molecule is CC(C)C1(C)OP(=O)(O)OC1(C(F)(F)F)C(F)(F)F. The van der Waals surface area contributed by atoms with Gasteiger partial charge in [0.1, 0.15) is 5.60 Å². The first kappa shape index (κ1) is 16.7. The molecule has 114 valence electrons. The number of rotatable bonds is 1. The predicted molar refractivity (Wildman–Crippen MR) is 50.1 cm³/mol. The van der Waals surface area contributed by atoms with Crippen LogP contribution in [0.25, 0.3) is 0 Å². The fourth-order valence-corrected chi connectivity index (χ4v) is 3.52. The molecule has 0 radical (unpaired) electrons. The number of hydrogen-bond donors (Lipinski definition) is 1. The van der Waals surface area contributed by atoms with Gasteiger partial charge in [-0.15, -0.1) is 0 Å². The van der Waals surface area contributed by atoms with E-state index in [1.165, 1.54) is 0 Å². The Morgan fingerprint density at radius 2 is 1.42 bits per heavy atom. The van der Waals surface area contributed by atoms with E-state index in [9.17, 15) is 30.9 Å². The van der Waals surface area contributed by atoms with Gasteiger partial charge in [-0.05, 0) is 12.8 Å². The summed E-state index contributed by atoms with van der Waals surface area (Å²) in [5, 5.41) is 0. The van der Waals surface area contributed by atoms with E-state index in [2.05, 4.69) is 9.05 Å². The first-order valence-electron chi connectivity index (χ1n) is 4.98. The van der Waals surface area contributed by atoms with Gasteiger partial charge in [-0.1, -0.05) is 13.8 Å². The quantitative estimate of drug-likeness (QED) is 0.595. The van der Waals surface area contributed by atoms with Crippen molar-refractivity contribution in [1.29, 1.82) is 0 Å². The molecule has 0 spiro atoms. The van der Waals surface area contributed by atoms with Crippen LogP contribution in [0.1, 0.15) is 20.8 Å². The van der Waals surface area contributed by atoms with Crippen LogP contribution in [-0.4, -0.2) is 28.4 Å². The van der Waals surface area contributed by atoms with E-state index in [1.807, 2.05) is 0 Å². The van der Waals surface area contributed by atoms with E-state index in [-0.39, 0.29) is 0 Å². The van der Waals surface area contributed by atoms with E-state index in [4.69, 9.17) is 4.89 Å². The van der Waals surface area contributed by atoms with Crippen LogP contribution in [-0.2, 0) is 13.6 Å². The highest BCUT2D eigenvalue weighted by Gasteiger charge is 2.87. The zero-order valence-corrected chi connectivity index (χ0v) is 10.9. The summed E-state index contributed by atoms with van der Waals surface area (Å²) in [6.45, 7) is 2.45. The second-order valence-electron chi connectivity index (χ2n) is 4.59. The van der Waals surface area contributed by atoms with Crippen molar-refractivity contribution >= 4 is 7.82 Å². The Kier molecular flexibility index (Phi) is 3.61. The molecule has 0 saturated carbocycles. The van der Waals surface area contributed by atoms with Gasteiger partial charge in [0.2, 0.25) is 0 Å². The Hall–Kier alpha value is -0.310. The fourth-order valence-electron chi connectivity index (χ4n) is 1.93. The van der Waals surface area contributed by atoms with Gasteiger partial charge in [-0.25, -0.2) is 4.57 Å². The highest BCUT2D eigenvalue weighted by molar-refractivity contribution is 7.47. The molecule has 0 aromatic carbocycles. The van der Waals surface area contributed by atoms with Crippen molar-refractivity contribution in [3.63, 3.8) is 0 Å². The topological polar surface area (TPSA) is 55.8 Å². The Morgan fingerprint density at radius 1 is 1.05 bits per heavy atom. The van der Waals surface area contributed by atoms with E-state index in [0.717, 1.165) is 13.8 Å². The molecule has 1 fully saturated rings. The minimum absolute atomic E-state index is 0.453. The van der Waals surface area contributed by atoms with Gasteiger partial charge in [0.05, 0.1) is 0 Å². The number of hydrogen-bond acceptors (Lipinski definition) is 3. The highest BCUT2D eigenvalue weighted by Crippen LogP contribution is 2.71. The van der Waals surface area contributed by atoms with Crippen molar-refractivity contribution in [3.8, 4) is 0 Å². The third-order valence-corrected chi connectivity index (χ3v) is 4.27. The first-order valence-corrected chi connectivity index (χ1v) is 6.48. The average molecular weight is 316 g/mol. The van der Waals surface area contributed by atoms with Gasteiger partial charge >= 0.3 is 20.2 Å². The van der Waals surface area contributed by atoms with E-state index in [0.29, 0.717) is 6.92 Å². The average Bonchev–Trinajstić information content (AvgIpc) is 2.32. The Balaban J connectivity index is 3.66. The normalized spacial score (nSPS) is 35.9. The lowest BCUT2D eigenvalue weighted by Crippen LogP contribution is -2.69. The van der Waals surface area contributed by atoms with E-state index in [1.54, 1.807) is 0 Å². The lowest BCUT2D eigenvalue weighted by molar-refractivity contribution is -0.384. The monoisotopic (exact) mass is 316 g/mol. The summed E-state index contributed by atoms with van der Waals surface area (Å²) in [5.74, 6) is -1.39. The molecule has 19 heavy (non-hydrogen) atoms. The Bertz CT molecular complexity index is 402. The lowest BCUT2D eigenvalue weighted by atomic mass is 9.75. The molecule has 0 aromatic rings. The van der Waals surface area contributed by atoms with Crippen LogP contribution in [0.3, 0.4) is 0 Å². The molecular weight excluding hydrogens is 305 g/mol. The molecule has 4 nitrogen and oxygen atoms in total. The summed E-state index contributed by atoms with van der Waals surface area (Å²) in [6, 6.07) is 0. The van der Waals surface area contributed by atoms with Crippen LogP contribution in [0, 0.1) is 5.92 Å². The largest absolute Gasteiger partial charge is 0.474 e. The number of phosphoric acid groups is 1. The Morgan fingerprint density at radius 3 is 1.63 bits per heavy atom. The van der Waals surface area contributed by atoms with Crippen molar-refractivity contribution in [2.45, 2.75) is 44.3 Å². The van der Waals surface area contributed by atoms with Gasteiger partial charge in [-0.3, -0.25) is 9.05 Å². The fraction of sp³-hybridized carbons (Fsp3) is 1.00. The maximum absolute atomic E-state index is 13.0. The molecule has 1 aliphatic heterocycles. The molecule has 0 amide bonds. The zero-order chi connectivity index (χ0) is 15.5. The Labute approximate surface area is 104 Å². The number of alkyl halides is 6. The predicted octanol–water partition coefficient (Wildman–Crippen LogP) is 3.41. The van der Waals surface area contributed by atoms with Crippen molar-refractivity contribution in [2.75, 3.05) is 0 Å². The smallest absolute Gasteiger partial charge is 0.302 e. The van der Waals surface area contributed by atoms with Crippen molar-refractivity contribution < 1.29 is 44.8 Å². The molecule has 0 aliphatic carbocycles. The van der Waals surface area contributed by atoms with Crippen molar-refractivity contribution in [2.24, 2.45) is 5.92 Å². The summed E-state index contributed by atoms with van der Waals surface area (Å²) >= 11 is 0. The molecule has 1 heterocycles. The van der Waals surface area contributed by atoms with Gasteiger partial charge in [0.15, 0.2) is 0 Å². The summed E-state index contributed by atoms with van der Waals surface area (Å²) in [6.07, 6.45) is -11.9. The van der Waals surface area contributed by atoms with E-state index < -0.39 is 37.3 Å². The van der Waals surface area contributed by atoms with Gasteiger partial charge in [0.25, 0.3) is 5.60 Å². The molecule has 1 rings (SSSR count). The third kappa shape index (κ3) is 2.18. The second-order valence-corrected chi connectivity index (χ2v) is 5.89. The number of phosphoric ester groups is 1. The minimum Gasteiger partial charge on any atom is -0.302 e. The summed E-state index contributed by atoms with van der Waals surface area (Å²) in [7, 11) is -5.47.